The van der Waals surface area contributed by atoms with E-state index in [1.165, 1.54) is 5.56 Å². The molecule has 112 valence electrons. The quantitative estimate of drug-likeness (QED) is 0.765. The fourth-order valence-corrected chi connectivity index (χ4v) is 2.27. The standard InChI is InChI=1S/C18H23NO2/c1-13-6-8-16(9-7-13)18(21)11-19-14(2)17-5-3-4-15(10-17)12-20/h3-10,14,18-21H,11-12H2,1-2H3/t14-,18+/m1/s1. The summed E-state index contributed by atoms with van der Waals surface area (Å²) in [6.07, 6.45) is -0.519. The van der Waals surface area contributed by atoms with Crippen molar-refractivity contribution in [1.82, 2.24) is 5.32 Å². The lowest BCUT2D eigenvalue weighted by molar-refractivity contribution is 0.171. The molecule has 0 saturated carbocycles. The van der Waals surface area contributed by atoms with Crippen LogP contribution in [0.1, 0.15) is 41.3 Å². The van der Waals surface area contributed by atoms with Crippen molar-refractivity contribution in [2.24, 2.45) is 0 Å². The van der Waals surface area contributed by atoms with Gasteiger partial charge in [-0.05, 0) is 30.5 Å². The normalized spacial score (nSPS) is 13.9. The van der Waals surface area contributed by atoms with Crippen molar-refractivity contribution in [2.75, 3.05) is 6.54 Å². The third kappa shape index (κ3) is 4.39. The summed E-state index contributed by atoms with van der Waals surface area (Å²) in [7, 11) is 0. The zero-order valence-electron chi connectivity index (χ0n) is 12.6. The molecule has 0 aliphatic carbocycles. The molecule has 2 rings (SSSR count). The van der Waals surface area contributed by atoms with Crippen LogP contribution in [0, 0.1) is 6.92 Å². The van der Waals surface area contributed by atoms with Crippen LogP contribution in [0.2, 0.25) is 0 Å². The molecule has 0 aliphatic rings. The summed E-state index contributed by atoms with van der Waals surface area (Å²) in [6, 6.07) is 15.9. The summed E-state index contributed by atoms with van der Waals surface area (Å²) in [5.74, 6) is 0. The van der Waals surface area contributed by atoms with Crippen molar-refractivity contribution >= 4 is 0 Å². The number of hydrogen-bond acceptors (Lipinski definition) is 3. The second kappa shape index (κ2) is 7.36. The van der Waals surface area contributed by atoms with E-state index < -0.39 is 6.10 Å². The summed E-state index contributed by atoms with van der Waals surface area (Å²) in [6.45, 7) is 4.63. The topological polar surface area (TPSA) is 52.5 Å². The van der Waals surface area contributed by atoms with Gasteiger partial charge in [0.1, 0.15) is 0 Å². The zero-order chi connectivity index (χ0) is 15.2. The minimum atomic E-state index is -0.519. The van der Waals surface area contributed by atoms with Crippen LogP contribution in [-0.4, -0.2) is 16.8 Å². The number of aliphatic hydroxyl groups is 2. The van der Waals surface area contributed by atoms with Crippen LogP contribution in [0.4, 0.5) is 0 Å². The van der Waals surface area contributed by atoms with Gasteiger partial charge < -0.3 is 15.5 Å². The Morgan fingerprint density at radius 1 is 1.05 bits per heavy atom. The molecule has 0 spiro atoms. The summed E-state index contributed by atoms with van der Waals surface area (Å²) in [4.78, 5) is 0. The number of benzene rings is 2. The monoisotopic (exact) mass is 285 g/mol. The minimum Gasteiger partial charge on any atom is -0.392 e. The maximum absolute atomic E-state index is 10.2. The van der Waals surface area contributed by atoms with Gasteiger partial charge in [0.2, 0.25) is 0 Å². The lowest BCUT2D eigenvalue weighted by atomic mass is 10.0. The van der Waals surface area contributed by atoms with Gasteiger partial charge >= 0.3 is 0 Å². The maximum atomic E-state index is 10.2. The van der Waals surface area contributed by atoms with Crippen molar-refractivity contribution in [3.05, 3.63) is 70.8 Å². The molecule has 0 amide bonds. The molecule has 3 nitrogen and oxygen atoms in total. The summed E-state index contributed by atoms with van der Waals surface area (Å²) in [5, 5.41) is 22.7. The molecule has 21 heavy (non-hydrogen) atoms. The van der Waals surface area contributed by atoms with Gasteiger partial charge in [-0.2, -0.15) is 0 Å². The molecule has 0 radical (unpaired) electrons. The first-order valence-corrected chi connectivity index (χ1v) is 7.28. The van der Waals surface area contributed by atoms with Crippen LogP contribution in [0.3, 0.4) is 0 Å². The molecule has 2 aromatic carbocycles. The van der Waals surface area contributed by atoms with E-state index in [0.717, 1.165) is 16.7 Å². The van der Waals surface area contributed by atoms with Gasteiger partial charge in [0.25, 0.3) is 0 Å². The highest BCUT2D eigenvalue weighted by molar-refractivity contribution is 5.26. The molecular weight excluding hydrogens is 262 g/mol. The van der Waals surface area contributed by atoms with Crippen LogP contribution < -0.4 is 5.32 Å². The smallest absolute Gasteiger partial charge is 0.0914 e. The van der Waals surface area contributed by atoms with E-state index in [1.54, 1.807) is 0 Å². The Morgan fingerprint density at radius 3 is 2.43 bits per heavy atom. The first kappa shape index (κ1) is 15.7. The molecule has 0 saturated heterocycles. The molecule has 0 aliphatic heterocycles. The molecule has 2 aromatic rings. The predicted molar refractivity (Wildman–Crippen MR) is 84.9 cm³/mol. The Labute approximate surface area is 126 Å². The second-order valence-electron chi connectivity index (χ2n) is 5.46. The van der Waals surface area contributed by atoms with Gasteiger partial charge in [-0.15, -0.1) is 0 Å². The van der Waals surface area contributed by atoms with Crippen molar-refractivity contribution in [2.45, 2.75) is 32.6 Å². The minimum absolute atomic E-state index is 0.0482. The van der Waals surface area contributed by atoms with Crippen LogP contribution >= 0.6 is 0 Å². The summed E-state index contributed by atoms with van der Waals surface area (Å²) >= 11 is 0. The fraction of sp³-hybridized carbons (Fsp3) is 0.333. The van der Waals surface area contributed by atoms with Crippen LogP contribution in [0.5, 0.6) is 0 Å². The van der Waals surface area contributed by atoms with Crippen molar-refractivity contribution < 1.29 is 10.2 Å². The average molecular weight is 285 g/mol. The third-order valence-corrected chi connectivity index (χ3v) is 3.71. The first-order valence-electron chi connectivity index (χ1n) is 7.28. The highest BCUT2D eigenvalue weighted by atomic mass is 16.3. The molecular formula is C18H23NO2. The van der Waals surface area contributed by atoms with E-state index in [2.05, 4.69) is 12.2 Å². The molecule has 0 heterocycles. The number of rotatable bonds is 6. The van der Waals surface area contributed by atoms with E-state index in [4.69, 9.17) is 0 Å². The van der Waals surface area contributed by atoms with Gasteiger partial charge in [-0.25, -0.2) is 0 Å². The highest BCUT2D eigenvalue weighted by Crippen LogP contribution is 2.17. The van der Waals surface area contributed by atoms with Gasteiger partial charge in [0.15, 0.2) is 0 Å². The Kier molecular flexibility index (Phi) is 5.51. The van der Waals surface area contributed by atoms with E-state index in [-0.39, 0.29) is 12.6 Å². The number of hydrogen-bond donors (Lipinski definition) is 3. The molecule has 0 bridgehead atoms. The number of aliphatic hydroxyl groups excluding tert-OH is 2. The number of nitrogens with one attached hydrogen (secondary N) is 1. The first-order chi connectivity index (χ1) is 10.1. The second-order valence-corrected chi connectivity index (χ2v) is 5.46. The van der Waals surface area contributed by atoms with Crippen LogP contribution in [0.15, 0.2) is 48.5 Å². The SMILES string of the molecule is Cc1ccc([C@@H](O)CN[C@H](C)c2cccc(CO)c2)cc1. The van der Waals surface area contributed by atoms with Crippen LogP contribution in [-0.2, 0) is 6.61 Å². The van der Waals surface area contributed by atoms with E-state index in [0.29, 0.717) is 6.54 Å². The highest BCUT2D eigenvalue weighted by Gasteiger charge is 2.10. The molecule has 3 heteroatoms. The van der Waals surface area contributed by atoms with E-state index in [1.807, 2.05) is 55.5 Å². The maximum Gasteiger partial charge on any atom is 0.0914 e. The number of aryl methyl sites for hydroxylation is 1. The molecule has 3 N–H and O–H groups in total. The van der Waals surface area contributed by atoms with Crippen LogP contribution in [0.25, 0.3) is 0 Å². The van der Waals surface area contributed by atoms with Crippen molar-refractivity contribution in [3.8, 4) is 0 Å². The lowest BCUT2D eigenvalue weighted by Crippen LogP contribution is -2.24. The predicted octanol–water partition coefficient (Wildman–Crippen LogP) is 2.87. The Hall–Kier alpha value is -1.68. The van der Waals surface area contributed by atoms with Gasteiger partial charge in [-0.1, -0.05) is 54.1 Å². The summed E-state index contributed by atoms with van der Waals surface area (Å²) in [5.41, 5.74) is 4.12. The van der Waals surface area contributed by atoms with Gasteiger partial charge in [0.05, 0.1) is 12.7 Å². The molecule has 0 unspecified atom stereocenters. The molecule has 2 atom stereocenters. The Bertz CT molecular complexity index is 566. The molecule has 0 fully saturated rings. The zero-order valence-corrected chi connectivity index (χ0v) is 12.6. The largest absolute Gasteiger partial charge is 0.392 e. The van der Waals surface area contributed by atoms with Crippen molar-refractivity contribution in [3.63, 3.8) is 0 Å². The fourth-order valence-electron chi connectivity index (χ4n) is 2.27. The average Bonchev–Trinajstić information content (AvgIpc) is 2.53. The van der Waals surface area contributed by atoms with E-state index >= 15 is 0 Å². The van der Waals surface area contributed by atoms with E-state index in [9.17, 15) is 10.2 Å². The molecule has 0 aromatic heterocycles. The third-order valence-electron chi connectivity index (χ3n) is 3.71. The Balaban J connectivity index is 1.93. The van der Waals surface area contributed by atoms with Gasteiger partial charge in [-0.3, -0.25) is 0 Å². The lowest BCUT2D eigenvalue weighted by Gasteiger charge is -2.18. The van der Waals surface area contributed by atoms with Gasteiger partial charge in [0, 0.05) is 12.6 Å². The Morgan fingerprint density at radius 2 is 1.76 bits per heavy atom. The van der Waals surface area contributed by atoms with Crippen molar-refractivity contribution in [1.29, 1.82) is 0 Å². The summed E-state index contributed by atoms with van der Waals surface area (Å²) < 4.78 is 0.